The minimum Gasteiger partial charge on any atom is -0.387 e. The van der Waals surface area contributed by atoms with Crippen LogP contribution in [-0.4, -0.2) is 63.6 Å². The van der Waals surface area contributed by atoms with Crippen LogP contribution in [-0.2, 0) is 4.79 Å². The van der Waals surface area contributed by atoms with Gasteiger partial charge in [0.15, 0.2) is 0 Å². The van der Waals surface area contributed by atoms with E-state index in [-0.39, 0.29) is 12.5 Å². The lowest BCUT2D eigenvalue weighted by atomic mass is 9.91. The Labute approximate surface area is 104 Å². The monoisotopic (exact) mass is 324 g/mol. The number of hydrogen-bond donors (Lipinski definition) is 1. The molecule has 2 aliphatic rings. The maximum atomic E-state index is 11.2. The smallest absolute Gasteiger partial charge is 0.248 e. The van der Waals surface area contributed by atoms with Gasteiger partial charge in [-0.15, -0.1) is 0 Å². The Hall–Kier alpha value is 0.120. The number of carbonyl (C=O) groups is 1. The molecule has 86 valence electrons. The Morgan fingerprint density at radius 2 is 1.87 bits per heavy atom. The fourth-order valence-electron chi connectivity index (χ4n) is 2.26. The van der Waals surface area contributed by atoms with Gasteiger partial charge in [-0.05, 0) is 12.8 Å². The number of rotatable bonds is 2. The lowest BCUT2D eigenvalue weighted by Gasteiger charge is -2.44. The molecule has 15 heavy (non-hydrogen) atoms. The van der Waals surface area contributed by atoms with Crippen molar-refractivity contribution in [2.24, 2.45) is 0 Å². The number of carbonyl (C=O) groups excluding carboxylic acids is 1. The lowest BCUT2D eigenvalue weighted by Crippen LogP contribution is -2.55. The largest absolute Gasteiger partial charge is 0.387 e. The Morgan fingerprint density at radius 1 is 1.27 bits per heavy atom. The summed E-state index contributed by atoms with van der Waals surface area (Å²) in [6.07, 6.45) is 2.60. The van der Waals surface area contributed by atoms with Gasteiger partial charge in [0.1, 0.15) is 6.61 Å². The van der Waals surface area contributed by atoms with Crippen molar-refractivity contribution in [3.05, 3.63) is 0 Å². The molecule has 1 heterocycles. The first-order chi connectivity index (χ1) is 7.20. The van der Waals surface area contributed by atoms with E-state index in [1.54, 1.807) is 4.90 Å². The zero-order valence-electron chi connectivity index (χ0n) is 8.73. The molecule has 2 rings (SSSR count). The molecule has 0 aromatic carbocycles. The first-order valence-electron chi connectivity index (χ1n) is 5.47. The molecule has 4 nitrogen and oxygen atoms in total. The molecule has 0 aromatic heterocycles. The second-order valence-corrected chi connectivity index (χ2v) is 6.06. The Bertz CT molecular complexity index is 236. The molecule has 0 unspecified atom stereocenters. The maximum Gasteiger partial charge on any atom is 0.248 e. The van der Waals surface area contributed by atoms with Crippen molar-refractivity contribution in [3.8, 4) is 0 Å². The van der Waals surface area contributed by atoms with Gasteiger partial charge in [0.05, 0.1) is 0 Å². The van der Waals surface area contributed by atoms with Gasteiger partial charge in [0.2, 0.25) is 5.91 Å². The van der Waals surface area contributed by atoms with Crippen molar-refractivity contribution in [1.82, 2.24) is 9.80 Å². The average Bonchev–Trinajstić information content (AvgIpc) is 2.24. The molecule has 1 aliphatic heterocycles. The molecule has 1 amide bonds. The molecule has 2 fully saturated rings. The third kappa shape index (κ3) is 2.62. The van der Waals surface area contributed by atoms with E-state index in [2.05, 4.69) is 27.5 Å². The summed E-state index contributed by atoms with van der Waals surface area (Å²) in [5.74, 6) is -0.130. The fourth-order valence-corrected chi connectivity index (χ4v) is 3.43. The quantitative estimate of drug-likeness (QED) is 0.578. The van der Waals surface area contributed by atoms with Crippen LogP contribution >= 0.6 is 22.6 Å². The molecule has 5 heteroatoms. The highest BCUT2D eigenvalue weighted by molar-refractivity contribution is 14.1. The second kappa shape index (κ2) is 4.97. The van der Waals surface area contributed by atoms with Crippen molar-refractivity contribution >= 4 is 28.5 Å². The zero-order valence-corrected chi connectivity index (χ0v) is 10.9. The van der Waals surface area contributed by atoms with Gasteiger partial charge in [-0.3, -0.25) is 9.69 Å². The van der Waals surface area contributed by atoms with Crippen molar-refractivity contribution in [2.45, 2.75) is 22.8 Å². The van der Waals surface area contributed by atoms with Crippen LogP contribution in [0.25, 0.3) is 0 Å². The molecular weight excluding hydrogens is 307 g/mol. The second-order valence-electron chi connectivity index (χ2n) is 4.30. The third-order valence-corrected chi connectivity index (χ3v) is 4.39. The van der Waals surface area contributed by atoms with Gasteiger partial charge in [-0.2, -0.15) is 0 Å². The summed E-state index contributed by atoms with van der Waals surface area (Å²) in [6.45, 7) is 3.16. The van der Waals surface area contributed by atoms with Gasteiger partial charge in [-0.1, -0.05) is 22.6 Å². The summed E-state index contributed by atoms with van der Waals surface area (Å²) in [6, 6.07) is 0.748. The Morgan fingerprint density at radius 3 is 2.33 bits per heavy atom. The van der Waals surface area contributed by atoms with E-state index >= 15 is 0 Å². The first kappa shape index (κ1) is 11.6. The summed E-state index contributed by atoms with van der Waals surface area (Å²) >= 11 is 2.50. The van der Waals surface area contributed by atoms with Crippen molar-refractivity contribution < 1.29 is 9.90 Å². The van der Waals surface area contributed by atoms with Gasteiger partial charge >= 0.3 is 0 Å². The molecule has 1 saturated heterocycles. The van der Waals surface area contributed by atoms with Gasteiger partial charge < -0.3 is 10.0 Å². The van der Waals surface area contributed by atoms with Crippen LogP contribution < -0.4 is 0 Å². The van der Waals surface area contributed by atoms with Crippen LogP contribution in [0.1, 0.15) is 12.8 Å². The van der Waals surface area contributed by atoms with Crippen LogP contribution in [0.2, 0.25) is 0 Å². The number of aliphatic hydroxyl groups excluding tert-OH is 1. The maximum absolute atomic E-state index is 11.2. The van der Waals surface area contributed by atoms with E-state index in [1.807, 2.05) is 0 Å². The van der Waals surface area contributed by atoms with Crippen LogP contribution in [0, 0.1) is 0 Å². The third-order valence-electron chi connectivity index (χ3n) is 3.37. The molecule has 0 radical (unpaired) electrons. The summed E-state index contributed by atoms with van der Waals surface area (Å²) < 4.78 is 0.852. The highest BCUT2D eigenvalue weighted by atomic mass is 127. The molecule has 1 aliphatic carbocycles. The van der Waals surface area contributed by atoms with E-state index in [0.29, 0.717) is 0 Å². The molecule has 0 aromatic rings. The predicted octanol–water partition coefficient (Wildman–Crippen LogP) is 0.0889. The number of aliphatic hydroxyl groups is 1. The summed E-state index contributed by atoms with van der Waals surface area (Å²) in [5.41, 5.74) is 0. The minimum absolute atomic E-state index is 0.130. The first-order valence-corrected chi connectivity index (χ1v) is 6.72. The van der Waals surface area contributed by atoms with Crippen LogP contribution in [0.15, 0.2) is 0 Å². The zero-order chi connectivity index (χ0) is 10.8. The number of hydrogen-bond acceptors (Lipinski definition) is 3. The van der Waals surface area contributed by atoms with Crippen LogP contribution in [0.3, 0.4) is 0 Å². The van der Waals surface area contributed by atoms with Crippen molar-refractivity contribution in [1.29, 1.82) is 0 Å². The molecular formula is C10H17IN2O2. The molecule has 1 N–H and O–H groups in total. The van der Waals surface area contributed by atoms with E-state index in [0.717, 1.165) is 36.1 Å². The van der Waals surface area contributed by atoms with Gasteiger partial charge in [0.25, 0.3) is 0 Å². The highest BCUT2D eigenvalue weighted by Crippen LogP contribution is 2.32. The number of piperazine rings is 1. The number of nitrogens with zero attached hydrogens (tertiary/aromatic N) is 2. The number of amides is 1. The molecule has 1 saturated carbocycles. The summed E-state index contributed by atoms with van der Waals surface area (Å²) in [4.78, 5) is 15.5. The summed E-state index contributed by atoms with van der Waals surface area (Å²) in [5, 5.41) is 8.75. The lowest BCUT2D eigenvalue weighted by molar-refractivity contribution is -0.136. The van der Waals surface area contributed by atoms with Gasteiger partial charge in [0, 0.05) is 36.1 Å². The van der Waals surface area contributed by atoms with E-state index in [4.69, 9.17) is 5.11 Å². The predicted molar refractivity (Wildman–Crippen MR) is 66.1 cm³/mol. The van der Waals surface area contributed by atoms with Crippen LogP contribution in [0.4, 0.5) is 0 Å². The normalized spacial score (nSPS) is 32.5. The van der Waals surface area contributed by atoms with Crippen LogP contribution in [0.5, 0.6) is 0 Å². The molecule has 0 bridgehead atoms. The molecule has 0 spiro atoms. The topological polar surface area (TPSA) is 43.8 Å². The van der Waals surface area contributed by atoms with E-state index in [1.165, 1.54) is 12.8 Å². The van der Waals surface area contributed by atoms with E-state index in [9.17, 15) is 4.79 Å². The standard InChI is InChI=1S/C10H17IN2O2/c11-8-5-9(6-8)12-1-3-13(4-2-12)10(15)7-14/h8-9,14H,1-7H2. The van der Waals surface area contributed by atoms with Gasteiger partial charge in [-0.25, -0.2) is 0 Å². The van der Waals surface area contributed by atoms with E-state index < -0.39 is 0 Å². The average molecular weight is 324 g/mol. The number of alkyl halides is 1. The Balaban J connectivity index is 1.75. The summed E-state index contributed by atoms with van der Waals surface area (Å²) in [7, 11) is 0. The van der Waals surface area contributed by atoms with Crippen molar-refractivity contribution in [3.63, 3.8) is 0 Å². The molecule has 0 atom stereocenters. The Kier molecular flexibility index (Phi) is 3.84. The highest BCUT2D eigenvalue weighted by Gasteiger charge is 2.33. The van der Waals surface area contributed by atoms with Crippen molar-refractivity contribution in [2.75, 3.05) is 32.8 Å². The fraction of sp³-hybridized carbons (Fsp3) is 0.900. The number of halogens is 1. The minimum atomic E-state index is -0.348. The SMILES string of the molecule is O=C(CO)N1CCN(C2CC(I)C2)CC1.